The smallest absolute Gasteiger partial charge is 0.366 e. The van der Waals surface area contributed by atoms with Crippen LogP contribution in [-0.2, 0) is 6.18 Å². The molecule has 19 heavy (non-hydrogen) atoms. The van der Waals surface area contributed by atoms with Gasteiger partial charge in [0, 0.05) is 12.2 Å². The molecule has 1 saturated carbocycles. The van der Waals surface area contributed by atoms with E-state index in [1.165, 1.54) is 0 Å². The van der Waals surface area contributed by atoms with Crippen molar-refractivity contribution in [3.63, 3.8) is 0 Å². The molecule has 0 spiro atoms. The van der Waals surface area contributed by atoms with Gasteiger partial charge in [-0.05, 0) is 18.9 Å². The van der Waals surface area contributed by atoms with E-state index in [-0.39, 0.29) is 11.9 Å². The van der Waals surface area contributed by atoms with Crippen LogP contribution in [0.25, 0.3) is 0 Å². The van der Waals surface area contributed by atoms with Gasteiger partial charge in [-0.2, -0.15) is 18.4 Å². The molecule has 0 amide bonds. The van der Waals surface area contributed by atoms with Crippen LogP contribution in [0.4, 0.5) is 19.0 Å². The highest BCUT2D eigenvalue weighted by atomic mass is 19.4. The minimum atomic E-state index is -4.53. The predicted octanol–water partition coefficient (Wildman–Crippen LogP) is 3.72. The zero-order chi connectivity index (χ0) is 13.9. The highest BCUT2D eigenvalue weighted by Gasteiger charge is 2.35. The number of aromatic nitrogens is 1. The molecule has 0 aromatic carbocycles. The Hall–Kier alpha value is -1.77. The molecule has 1 heterocycles. The second kappa shape index (κ2) is 5.47. The number of nitrogens with zero attached hydrogens (tertiary/aromatic N) is 2. The third kappa shape index (κ3) is 3.16. The first kappa shape index (κ1) is 13.7. The Morgan fingerprint density at radius 2 is 1.95 bits per heavy atom. The molecule has 1 fully saturated rings. The minimum Gasteiger partial charge on any atom is -0.366 e. The molecule has 1 aromatic rings. The molecule has 0 unspecified atom stereocenters. The fraction of sp³-hybridized carbons (Fsp3) is 0.538. The van der Waals surface area contributed by atoms with E-state index in [9.17, 15) is 13.2 Å². The van der Waals surface area contributed by atoms with Crippen molar-refractivity contribution < 1.29 is 13.2 Å². The Morgan fingerprint density at radius 3 is 2.53 bits per heavy atom. The summed E-state index contributed by atoms with van der Waals surface area (Å²) in [6, 6.07) is 2.56. The first-order chi connectivity index (χ1) is 9.02. The summed E-state index contributed by atoms with van der Waals surface area (Å²) in [5.74, 6) is 0.0456. The van der Waals surface area contributed by atoms with Gasteiger partial charge in [-0.25, -0.2) is 4.98 Å². The van der Waals surface area contributed by atoms with E-state index in [1.54, 1.807) is 6.07 Å². The van der Waals surface area contributed by atoms with Gasteiger partial charge >= 0.3 is 6.18 Å². The Balaban J connectivity index is 2.28. The SMILES string of the molecule is N#Cc1c(C(F)(F)F)ccnc1NC1CCCCC1. The summed E-state index contributed by atoms with van der Waals surface area (Å²) >= 11 is 0. The summed E-state index contributed by atoms with van der Waals surface area (Å²) in [6.45, 7) is 0. The number of hydrogen-bond acceptors (Lipinski definition) is 3. The molecule has 0 atom stereocenters. The monoisotopic (exact) mass is 269 g/mol. The fourth-order valence-electron chi connectivity index (χ4n) is 2.36. The lowest BCUT2D eigenvalue weighted by molar-refractivity contribution is -0.137. The lowest BCUT2D eigenvalue weighted by atomic mass is 9.95. The van der Waals surface area contributed by atoms with Crippen LogP contribution in [0.5, 0.6) is 0 Å². The molecule has 0 saturated heterocycles. The summed E-state index contributed by atoms with van der Waals surface area (Å²) in [6.07, 6.45) is 1.63. The van der Waals surface area contributed by atoms with Gasteiger partial charge in [-0.1, -0.05) is 19.3 Å². The fourth-order valence-corrected chi connectivity index (χ4v) is 2.36. The van der Waals surface area contributed by atoms with Crippen LogP contribution in [-0.4, -0.2) is 11.0 Å². The second-order valence-electron chi connectivity index (χ2n) is 4.67. The van der Waals surface area contributed by atoms with Crippen molar-refractivity contribution in [2.75, 3.05) is 5.32 Å². The van der Waals surface area contributed by atoms with Gasteiger partial charge in [-0.3, -0.25) is 0 Å². The van der Waals surface area contributed by atoms with Crippen LogP contribution in [0.15, 0.2) is 12.3 Å². The molecule has 1 N–H and O–H groups in total. The lowest BCUT2D eigenvalue weighted by Gasteiger charge is -2.24. The van der Waals surface area contributed by atoms with Gasteiger partial charge in [0.1, 0.15) is 17.5 Å². The van der Waals surface area contributed by atoms with E-state index >= 15 is 0 Å². The highest BCUT2D eigenvalue weighted by Crippen LogP contribution is 2.34. The molecule has 0 radical (unpaired) electrons. The summed E-state index contributed by atoms with van der Waals surface area (Å²) in [5, 5.41) is 11.9. The number of halogens is 3. The lowest BCUT2D eigenvalue weighted by Crippen LogP contribution is -2.24. The van der Waals surface area contributed by atoms with Gasteiger partial charge < -0.3 is 5.32 Å². The number of hydrogen-bond donors (Lipinski definition) is 1. The topological polar surface area (TPSA) is 48.7 Å². The molecule has 1 aliphatic carbocycles. The first-order valence-corrected chi connectivity index (χ1v) is 6.25. The van der Waals surface area contributed by atoms with Crippen molar-refractivity contribution in [1.29, 1.82) is 5.26 Å². The zero-order valence-electron chi connectivity index (χ0n) is 10.3. The highest BCUT2D eigenvalue weighted by molar-refractivity contribution is 5.57. The normalized spacial score (nSPS) is 16.9. The number of anilines is 1. The maximum atomic E-state index is 12.8. The second-order valence-corrected chi connectivity index (χ2v) is 4.67. The Morgan fingerprint density at radius 1 is 1.26 bits per heavy atom. The van der Waals surface area contributed by atoms with Crippen LogP contribution in [0, 0.1) is 11.3 Å². The average molecular weight is 269 g/mol. The van der Waals surface area contributed by atoms with Gasteiger partial charge in [0.05, 0.1) is 5.56 Å². The quantitative estimate of drug-likeness (QED) is 0.890. The maximum absolute atomic E-state index is 12.8. The molecule has 2 rings (SSSR count). The molecule has 1 aliphatic rings. The van der Waals surface area contributed by atoms with E-state index < -0.39 is 17.3 Å². The van der Waals surface area contributed by atoms with Crippen LogP contribution < -0.4 is 5.32 Å². The third-order valence-electron chi connectivity index (χ3n) is 3.31. The van der Waals surface area contributed by atoms with Gasteiger partial charge in [0.2, 0.25) is 0 Å². The largest absolute Gasteiger partial charge is 0.417 e. The van der Waals surface area contributed by atoms with Gasteiger partial charge in [0.25, 0.3) is 0 Å². The van der Waals surface area contributed by atoms with Gasteiger partial charge in [-0.15, -0.1) is 0 Å². The number of nitrogens with one attached hydrogen (secondary N) is 1. The first-order valence-electron chi connectivity index (χ1n) is 6.25. The molecule has 3 nitrogen and oxygen atoms in total. The molecule has 0 bridgehead atoms. The zero-order valence-corrected chi connectivity index (χ0v) is 10.3. The minimum absolute atomic E-state index is 0.0456. The van der Waals surface area contributed by atoms with Crippen molar-refractivity contribution in [2.45, 2.75) is 44.3 Å². The molecule has 1 aromatic heterocycles. The van der Waals surface area contributed by atoms with Crippen LogP contribution in [0.3, 0.4) is 0 Å². The molecule has 102 valence electrons. The molecule has 6 heteroatoms. The summed E-state index contributed by atoms with van der Waals surface area (Å²) in [5.41, 5.74) is -1.34. The Kier molecular flexibility index (Phi) is 3.93. The van der Waals surface area contributed by atoms with Crippen molar-refractivity contribution in [2.24, 2.45) is 0 Å². The van der Waals surface area contributed by atoms with Crippen molar-refractivity contribution in [3.05, 3.63) is 23.4 Å². The Bertz CT molecular complexity index is 485. The van der Waals surface area contributed by atoms with E-state index in [0.29, 0.717) is 0 Å². The molecular weight excluding hydrogens is 255 g/mol. The number of pyridine rings is 1. The van der Waals surface area contributed by atoms with E-state index in [0.717, 1.165) is 44.4 Å². The summed E-state index contributed by atoms with van der Waals surface area (Å²) < 4.78 is 38.4. The van der Waals surface area contributed by atoms with Crippen LogP contribution >= 0.6 is 0 Å². The van der Waals surface area contributed by atoms with Gasteiger partial charge in [0.15, 0.2) is 0 Å². The van der Waals surface area contributed by atoms with Crippen LogP contribution in [0.1, 0.15) is 43.2 Å². The standard InChI is InChI=1S/C13H14F3N3/c14-13(15,16)11-6-7-18-12(10(11)8-17)19-9-4-2-1-3-5-9/h6-7,9H,1-5H2,(H,18,19). The predicted molar refractivity (Wildman–Crippen MR) is 64.4 cm³/mol. The summed E-state index contributed by atoms with van der Waals surface area (Å²) in [7, 11) is 0. The number of nitriles is 1. The number of alkyl halides is 3. The average Bonchev–Trinajstić information content (AvgIpc) is 2.38. The van der Waals surface area contributed by atoms with E-state index in [2.05, 4.69) is 10.3 Å². The Labute approximate surface area is 109 Å². The summed E-state index contributed by atoms with van der Waals surface area (Å²) in [4.78, 5) is 3.88. The third-order valence-corrected chi connectivity index (χ3v) is 3.31. The van der Waals surface area contributed by atoms with Crippen molar-refractivity contribution in [1.82, 2.24) is 4.98 Å². The molecule has 0 aliphatic heterocycles. The van der Waals surface area contributed by atoms with Crippen molar-refractivity contribution in [3.8, 4) is 6.07 Å². The van der Waals surface area contributed by atoms with E-state index in [1.807, 2.05) is 0 Å². The van der Waals surface area contributed by atoms with Crippen molar-refractivity contribution >= 4 is 5.82 Å². The number of rotatable bonds is 2. The van der Waals surface area contributed by atoms with Crippen LogP contribution in [0.2, 0.25) is 0 Å². The maximum Gasteiger partial charge on any atom is 0.417 e. The van der Waals surface area contributed by atoms with E-state index in [4.69, 9.17) is 5.26 Å². The molecular formula is C13H14F3N3.